The van der Waals surface area contributed by atoms with E-state index in [0.717, 1.165) is 20.2 Å². The highest BCUT2D eigenvalue weighted by Crippen LogP contribution is 2.32. The number of hydrogen-bond donors (Lipinski definition) is 2. The first kappa shape index (κ1) is 12.8. The first-order valence-electron chi connectivity index (χ1n) is 4.90. The summed E-state index contributed by atoms with van der Waals surface area (Å²) in [6, 6.07) is 1.78. The molecule has 4 nitrogen and oxygen atoms in total. The molecule has 2 heterocycles. The maximum absolute atomic E-state index is 12.0. The van der Waals surface area contributed by atoms with E-state index in [4.69, 9.17) is 0 Å². The topological polar surface area (TPSA) is 57.8 Å². The normalized spacial score (nSPS) is 10.5. The minimum atomic E-state index is -0.139. The zero-order valence-electron chi connectivity index (χ0n) is 8.88. The van der Waals surface area contributed by atoms with E-state index in [0.29, 0.717) is 10.7 Å². The summed E-state index contributed by atoms with van der Waals surface area (Å²) >= 11 is 8.10. The van der Waals surface area contributed by atoms with Crippen molar-refractivity contribution >= 4 is 54.9 Å². The van der Waals surface area contributed by atoms with Crippen LogP contribution in [-0.2, 0) is 6.42 Å². The van der Waals surface area contributed by atoms with Crippen molar-refractivity contribution in [2.75, 3.05) is 5.32 Å². The van der Waals surface area contributed by atoms with Crippen LogP contribution < -0.4 is 5.32 Å². The summed E-state index contributed by atoms with van der Waals surface area (Å²) in [6.45, 7) is 2.01. The van der Waals surface area contributed by atoms with Crippen molar-refractivity contribution in [2.24, 2.45) is 0 Å². The molecular weight excluding hydrogens is 370 g/mol. The minimum absolute atomic E-state index is 0.139. The van der Waals surface area contributed by atoms with Gasteiger partial charge in [0.1, 0.15) is 5.82 Å². The number of aromatic nitrogens is 2. The predicted molar refractivity (Wildman–Crippen MR) is 75.6 cm³/mol. The number of H-pyrrole nitrogens is 1. The minimum Gasteiger partial charge on any atom is -0.306 e. The van der Waals surface area contributed by atoms with Crippen LogP contribution in [0.15, 0.2) is 20.5 Å². The molecule has 0 bridgehead atoms. The van der Waals surface area contributed by atoms with Crippen molar-refractivity contribution < 1.29 is 4.79 Å². The van der Waals surface area contributed by atoms with E-state index in [9.17, 15) is 4.79 Å². The van der Waals surface area contributed by atoms with E-state index in [1.807, 2.05) is 6.92 Å². The number of aryl methyl sites for hydroxylation is 1. The lowest BCUT2D eigenvalue weighted by atomic mass is 10.2. The standard InChI is InChI=1S/C10H9Br2N3OS/c1-2-5-4-13-15-9(5)14-10(16)7-3-6(11)8(12)17-7/h3-4H,2H2,1H3,(H2,13,14,15,16). The van der Waals surface area contributed by atoms with Gasteiger partial charge in [-0.15, -0.1) is 11.3 Å². The molecule has 0 atom stereocenters. The molecule has 0 radical (unpaired) electrons. The highest BCUT2D eigenvalue weighted by molar-refractivity contribution is 9.13. The quantitative estimate of drug-likeness (QED) is 0.853. The van der Waals surface area contributed by atoms with Gasteiger partial charge in [-0.25, -0.2) is 0 Å². The molecule has 0 aliphatic carbocycles. The van der Waals surface area contributed by atoms with Crippen molar-refractivity contribution in [1.29, 1.82) is 0 Å². The first-order valence-corrected chi connectivity index (χ1v) is 7.30. The smallest absolute Gasteiger partial charge is 0.266 e. The lowest BCUT2D eigenvalue weighted by Gasteiger charge is -2.02. The molecule has 1 amide bonds. The molecule has 17 heavy (non-hydrogen) atoms. The van der Waals surface area contributed by atoms with Crippen LogP contribution in [-0.4, -0.2) is 16.1 Å². The first-order chi connectivity index (χ1) is 8.11. The molecule has 2 rings (SSSR count). The molecule has 2 N–H and O–H groups in total. The van der Waals surface area contributed by atoms with Gasteiger partial charge in [-0.3, -0.25) is 9.89 Å². The molecule has 0 aliphatic heterocycles. The number of amides is 1. The summed E-state index contributed by atoms with van der Waals surface area (Å²) in [7, 11) is 0. The second-order valence-electron chi connectivity index (χ2n) is 3.31. The summed E-state index contributed by atoms with van der Waals surface area (Å²) in [5, 5.41) is 9.50. The Labute approximate surface area is 119 Å². The fraction of sp³-hybridized carbons (Fsp3) is 0.200. The zero-order valence-corrected chi connectivity index (χ0v) is 12.9. The monoisotopic (exact) mass is 377 g/mol. The fourth-order valence-electron chi connectivity index (χ4n) is 1.32. The van der Waals surface area contributed by atoms with Crippen LogP contribution in [0.2, 0.25) is 0 Å². The third-order valence-electron chi connectivity index (χ3n) is 2.21. The van der Waals surface area contributed by atoms with Crippen LogP contribution in [0.4, 0.5) is 5.82 Å². The molecule has 2 aromatic rings. The Bertz CT molecular complexity index is 530. The summed E-state index contributed by atoms with van der Waals surface area (Å²) in [4.78, 5) is 12.6. The number of carbonyl (C=O) groups is 1. The van der Waals surface area contributed by atoms with Crippen LogP contribution in [0, 0.1) is 0 Å². The number of carbonyl (C=O) groups excluding carboxylic acids is 1. The second-order valence-corrected chi connectivity index (χ2v) is 6.53. The van der Waals surface area contributed by atoms with E-state index in [1.54, 1.807) is 12.3 Å². The van der Waals surface area contributed by atoms with Crippen molar-refractivity contribution in [1.82, 2.24) is 10.2 Å². The van der Waals surface area contributed by atoms with Crippen molar-refractivity contribution in [3.8, 4) is 0 Å². The molecule has 2 aromatic heterocycles. The number of anilines is 1. The van der Waals surface area contributed by atoms with Crippen LogP contribution in [0.5, 0.6) is 0 Å². The van der Waals surface area contributed by atoms with Crippen molar-refractivity contribution in [3.63, 3.8) is 0 Å². The third kappa shape index (κ3) is 2.78. The number of hydrogen-bond acceptors (Lipinski definition) is 3. The third-order valence-corrected chi connectivity index (χ3v) is 5.46. The molecule has 0 fully saturated rings. The van der Waals surface area contributed by atoms with Gasteiger partial charge in [-0.1, -0.05) is 6.92 Å². The summed E-state index contributed by atoms with van der Waals surface area (Å²) in [6.07, 6.45) is 2.54. The number of thiophene rings is 1. The highest BCUT2D eigenvalue weighted by Gasteiger charge is 2.14. The number of rotatable bonds is 3. The van der Waals surface area contributed by atoms with E-state index < -0.39 is 0 Å². The van der Waals surface area contributed by atoms with E-state index in [1.165, 1.54) is 11.3 Å². The molecule has 0 unspecified atom stereocenters. The lowest BCUT2D eigenvalue weighted by molar-refractivity contribution is 0.103. The largest absolute Gasteiger partial charge is 0.306 e. The van der Waals surface area contributed by atoms with Gasteiger partial charge >= 0.3 is 0 Å². The SMILES string of the molecule is CCc1cn[nH]c1NC(=O)c1cc(Br)c(Br)s1. The Kier molecular flexibility index (Phi) is 4.01. The molecule has 0 saturated heterocycles. The van der Waals surface area contributed by atoms with Crippen LogP contribution in [0.25, 0.3) is 0 Å². The Hall–Kier alpha value is -0.660. The maximum atomic E-state index is 12.0. The Morgan fingerprint density at radius 2 is 2.35 bits per heavy atom. The van der Waals surface area contributed by atoms with E-state index in [-0.39, 0.29) is 5.91 Å². The van der Waals surface area contributed by atoms with E-state index >= 15 is 0 Å². The Morgan fingerprint density at radius 1 is 1.59 bits per heavy atom. The molecule has 7 heteroatoms. The van der Waals surface area contributed by atoms with Crippen LogP contribution in [0.1, 0.15) is 22.2 Å². The highest BCUT2D eigenvalue weighted by atomic mass is 79.9. The number of nitrogens with one attached hydrogen (secondary N) is 2. The Morgan fingerprint density at radius 3 is 2.94 bits per heavy atom. The average Bonchev–Trinajstić information content (AvgIpc) is 2.86. The van der Waals surface area contributed by atoms with Gasteiger partial charge < -0.3 is 5.32 Å². The van der Waals surface area contributed by atoms with Crippen LogP contribution >= 0.6 is 43.2 Å². The van der Waals surface area contributed by atoms with Gasteiger partial charge in [-0.05, 0) is 44.3 Å². The van der Waals surface area contributed by atoms with Gasteiger partial charge in [0.2, 0.25) is 0 Å². The molecule has 0 aliphatic rings. The van der Waals surface area contributed by atoms with Crippen LogP contribution in [0.3, 0.4) is 0 Å². The molecular formula is C10H9Br2N3OS. The van der Waals surface area contributed by atoms with Gasteiger partial charge in [0.15, 0.2) is 0 Å². The number of nitrogens with zero attached hydrogens (tertiary/aromatic N) is 1. The predicted octanol–water partition coefficient (Wildman–Crippen LogP) is 3.81. The van der Waals surface area contributed by atoms with Gasteiger partial charge in [0, 0.05) is 10.0 Å². The van der Waals surface area contributed by atoms with E-state index in [2.05, 4.69) is 47.4 Å². The van der Waals surface area contributed by atoms with Gasteiger partial charge in [0.05, 0.1) is 14.9 Å². The molecule has 0 spiro atoms. The zero-order chi connectivity index (χ0) is 12.4. The van der Waals surface area contributed by atoms with Gasteiger partial charge in [0.25, 0.3) is 5.91 Å². The summed E-state index contributed by atoms with van der Waals surface area (Å²) in [5.74, 6) is 0.526. The van der Waals surface area contributed by atoms with Gasteiger partial charge in [-0.2, -0.15) is 5.10 Å². The maximum Gasteiger partial charge on any atom is 0.266 e. The lowest BCUT2D eigenvalue weighted by Crippen LogP contribution is -2.11. The second kappa shape index (κ2) is 5.32. The molecule has 90 valence electrons. The van der Waals surface area contributed by atoms with Crippen molar-refractivity contribution in [3.05, 3.63) is 31.0 Å². The Balaban J connectivity index is 2.17. The average molecular weight is 379 g/mol. The summed E-state index contributed by atoms with van der Waals surface area (Å²) < 4.78 is 1.79. The molecule has 0 saturated carbocycles. The van der Waals surface area contributed by atoms with Crippen molar-refractivity contribution in [2.45, 2.75) is 13.3 Å². The number of halogens is 2. The summed E-state index contributed by atoms with van der Waals surface area (Å²) in [5.41, 5.74) is 0.994. The molecule has 0 aromatic carbocycles. The number of aromatic amines is 1. The fourth-order valence-corrected chi connectivity index (χ4v) is 3.25.